The fraction of sp³-hybridized carbons (Fsp3) is 0.547. The van der Waals surface area contributed by atoms with Gasteiger partial charge in [0.05, 0.1) is 6.42 Å². The van der Waals surface area contributed by atoms with Crippen LogP contribution in [-0.4, -0.2) is 37.2 Å². The summed E-state index contributed by atoms with van der Waals surface area (Å²) >= 11 is 0. The van der Waals surface area contributed by atoms with Gasteiger partial charge < -0.3 is 14.2 Å². The minimum atomic E-state index is -0.867. The van der Waals surface area contributed by atoms with Crippen molar-refractivity contribution in [3.8, 4) is 0 Å². The zero-order chi connectivity index (χ0) is 50.7. The van der Waals surface area contributed by atoms with Crippen molar-refractivity contribution in [1.82, 2.24) is 0 Å². The van der Waals surface area contributed by atoms with E-state index < -0.39 is 12.1 Å². The highest BCUT2D eigenvalue weighted by atomic mass is 16.6. The van der Waals surface area contributed by atoms with Crippen LogP contribution in [-0.2, 0) is 28.6 Å². The van der Waals surface area contributed by atoms with Crippen LogP contribution < -0.4 is 0 Å². The Morgan fingerprint density at radius 1 is 0.314 bits per heavy atom. The van der Waals surface area contributed by atoms with Gasteiger partial charge in [-0.05, 0) is 122 Å². The van der Waals surface area contributed by atoms with Crippen molar-refractivity contribution in [3.05, 3.63) is 158 Å². The topological polar surface area (TPSA) is 78.9 Å². The number of carbonyl (C=O) groups excluding carboxylic acids is 3. The van der Waals surface area contributed by atoms with Crippen LogP contribution in [0.1, 0.15) is 207 Å². The van der Waals surface area contributed by atoms with Gasteiger partial charge in [-0.2, -0.15) is 0 Å². The summed E-state index contributed by atoms with van der Waals surface area (Å²) in [6, 6.07) is 0. The first-order valence-electron chi connectivity index (χ1n) is 27.5. The van der Waals surface area contributed by atoms with E-state index in [-0.39, 0.29) is 38.0 Å². The molecular weight excluding hydrogens is 865 g/mol. The maximum atomic E-state index is 12.8. The molecule has 0 saturated heterocycles. The van der Waals surface area contributed by atoms with Gasteiger partial charge in [-0.25, -0.2) is 0 Å². The highest BCUT2D eigenvalue weighted by molar-refractivity contribution is 5.72. The Morgan fingerprint density at radius 2 is 0.614 bits per heavy atom. The lowest BCUT2D eigenvalue weighted by atomic mass is 10.1. The van der Waals surface area contributed by atoms with Crippen LogP contribution in [0.4, 0.5) is 0 Å². The molecule has 0 aromatic carbocycles. The summed E-state index contributed by atoms with van der Waals surface area (Å²) in [6.07, 6.45) is 82.6. The molecule has 0 radical (unpaired) electrons. The van der Waals surface area contributed by atoms with E-state index in [9.17, 15) is 14.4 Å². The summed E-state index contributed by atoms with van der Waals surface area (Å²) in [5, 5.41) is 0. The number of allylic oxidation sites excluding steroid dienone is 25. The van der Waals surface area contributed by atoms with Gasteiger partial charge in [0.1, 0.15) is 13.2 Å². The summed E-state index contributed by atoms with van der Waals surface area (Å²) < 4.78 is 16.6. The van der Waals surface area contributed by atoms with Crippen LogP contribution in [0.3, 0.4) is 0 Å². The third-order valence-electron chi connectivity index (χ3n) is 10.8. The SMILES string of the molecule is CC/C=C\C/C=C\C/C=C\C/C=C\C/C=C\C/C=C\C/C=C\CCCC(=O)OCC(COC(=O)CCCCCCC/C=C\CCCCCCC)OC(=O)C/C=C\C/C=C\C/C=C\C/C=C\C/C=C\CC. The Kier molecular flexibility index (Phi) is 52.6. The van der Waals surface area contributed by atoms with E-state index in [0.29, 0.717) is 19.3 Å². The molecule has 0 spiro atoms. The van der Waals surface area contributed by atoms with Crippen LogP contribution >= 0.6 is 0 Å². The number of ether oxygens (including phenoxy) is 3. The molecule has 70 heavy (non-hydrogen) atoms. The Morgan fingerprint density at radius 3 is 1.01 bits per heavy atom. The van der Waals surface area contributed by atoms with E-state index in [1.807, 2.05) is 6.08 Å². The molecule has 0 fully saturated rings. The zero-order valence-corrected chi connectivity index (χ0v) is 44.5. The Bertz CT molecular complexity index is 1620. The lowest BCUT2D eigenvalue weighted by molar-refractivity contribution is -0.166. The highest BCUT2D eigenvalue weighted by Crippen LogP contribution is 2.11. The molecule has 0 N–H and O–H groups in total. The standard InChI is InChI=1S/C64H98O6/c1-4-7-10-13-16-19-22-25-28-29-30-31-32-33-34-35-37-39-42-45-48-51-54-57-63(66)69-60-61(59-68-62(65)56-53-50-47-44-41-38-27-24-21-18-15-12-9-6-3)70-64(67)58-55-52-49-46-43-40-36-26-23-20-17-14-11-8-5-2/h7-8,10-11,16-17,19-20,24-28,30-31,33-34,36-37,39,43,45-46,48,52,55,61H,4-6,9,12-15,18,21-23,29,32,35,38,40-42,44,47,49-51,53-54,56-60H2,1-3H3/b10-7-,11-8-,19-16-,20-17-,27-24-,28-25-,31-30-,34-33-,36-26-,39-37-,46-43-,48-45-,55-52-. The normalized spacial score (nSPS) is 13.4. The second-order valence-electron chi connectivity index (χ2n) is 17.4. The van der Waals surface area contributed by atoms with Gasteiger partial charge >= 0.3 is 17.9 Å². The van der Waals surface area contributed by atoms with Crippen LogP contribution in [0.15, 0.2) is 158 Å². The average molecular weight is 963 g/mol. The third-order valence-corrected chi connectivity index (χ3v) is 10.8. The van der Waals surface area contributed by atoms with Gasteiger partial charge in [0, 0.05) is 12.8 Å². The minimum Gasteiger partial charge on any atom is -0.462 e. The van der Waals surface area contributed by atoms with Crippen molar-refractivity contribution in [1.29, 1.82) is 0 Å². The monoisotopic (exact) mass is 963 g/mol. The summed E-state index contributed by atoms with van der Waals surface area (Å²) in [5.41, 5.74) is 0. The van der Waals surface area contributed by atoms with Crippen LogP contribution in [0.2, 0.25) is 0 Å². The Hall–Kier alpha value is -4.97. The number of unbranched alkanes of at least 4 members (excludes halogenated alkanes) is 11. The third kappa shape index (κ3) is 54.0. The van der Waals surface area contributed by atoms with Gasteiger partial charge in [-0.15, -0.1) is 0 Å². The number of esters is 3. The van der Waals surface area contributed by atoms with Crippen molar-refractivity contribution in [2.45, 2.75) is 213 Å². The van der Waals surface area contributed by atoms with E-state index in [1.54, 1.807) is 6.08 Å². The average Bonchev–Trinajstić information content (AvgIpc) is 3.36. The van der Waals surface area contributed by atoms with Crippen LogP contribution in [0, 0.1) is 0 Å². The zero-order valence-electron chi connectivity index (χ0n) is 44.5. The molecule has 0 saturated carbocycles. The molecule has 0 aliphatic heterocycles. The van der Waals surface area contributed by atoms with E-state index >= 15 is 0 Å². The molecule has 0 amide bonds. The van der Waals surface area contributed by atoms with Crippen molar-refractivity contribution >= 4 is 17.9 Å². The summed E-state index contributed by atoms with van der Waals surface area (Å²) in [7, 11) is 0. The molecule has 6 nitrogen and oxygen atoms in total. The number of carbonyl (C=O) groups is 3. The molecule has 6 heteroatoms. The van der Waals surface area contributed by atoms with Crippen LogP contribution in [0.25, 0.3) is 0 Å². The van der Waals surface area contributed by atoms with Crippen molar-refractivity contribution < 1.29 is 28.6 Å². The van der Waals surface area contributed by atoms with Crippen LogP contribution in [0.5, 0.6) is 0 Å². The largest absolute Gasteiger partial charge is 0.462 e. The highest BCUT2D eigenvalue weighted by Gasteiger charge is 2.19. The maximum Gasteiger partial charge on any atom is 0.310 e. The fourth-order valence-electron chi connectivity index (χ4n) is 6.73. The molecule has 1 atom stereocenters. The molecule has 0 aromatic rings. The molecule has 390 valence electrons. The number of hydrogen-bond donors (Lipinski definition) is 0. The molecular formula is C64H98O6. The first-order valence-corrected chi connectivity index (χ1v) is 27.5. The molecule has 0 bridgehead atoms. The second kappa shape index (κ2) is 56.6. The molecule has 0 aliphatic carbocycles. The van der Waals surface area contributed by atoms with Gasteiger partial charge in [-0.1, -0.05) is 224 Å². The van der Waals surface area contributed by atoms with Gasteiger partial charge in [-0.3, -0.25) is 14.4 Å². The number of rotatable bonds is 47. The van der Waals surface area contributed by atoms with Gasteiger partial charge in [0.25, 0.3) is 0 Å². The van der Waals surface area contributed by atoms with E-state index in [1.165, 1.54) is 44.9 Å². The second-order valence-corrected chi connectivity index (χ2v) is 17.4. The predicted molar refractivity (Wildman–Crippen MR) is 302 cm³/mol. The fourth-order valence-corrected chi connectivity index (χ4v) is 6.73. The maximum absolute atomic E-state index is 12.8. The minimum absolute atomic E-state index is 0.0751. The summed E-state index contributed by atoms with van der Waals surface area (Å²) in [6.45, 7) is 6.24. The first kappa shape index (κ1) is 65.0. The van der Waals surface area contributed by atoms with Crippen molar-refractivity contribution in [2.75, 3.05) is 13.2 Å². The molecule has 0 aliphatic rings. The van der Waals surface area contributed by atoms with Gasteiger partial charge in [0.15, 0.2) is 6.10 Å². The van der Waals surface area contributed by atoms with E-state index in [2.05, 4.69) is 167 Å². The van der Waals surface area contributed by atoms with Crippen molar-refractivity contribution in [2.24, 2.45) is 0 Å². The Labute approximate surface area is 429 Å². The first-order chi connectivity index (χ1) is 34.5. The molecule has 0 aromatic heterocycles. The molecule has 0 rings (SSSR count). The van der Waals surface area contributed by atoms with E-state index in [4.69, 9.17) is 14.2 Å². The summed E-state index contributed by atoms with van der Waals surface area (Å²) in [5.74, 6) is -1.16. The molecule has 0 heterocycles. The molecule has 1 unspecified atom stereocenters. The predicted octanol–water partition coefficient (Wildman–Crippen LogP) is 18.6. The lowest BCUT2D eigenvalue weighted by Gasteiger charge is -2.18. The van der Waals surface area contributed by atoms with Gasteiger partial charge in [0.2, 0.25) is 0 Å². The Balaban J connectivity index is 4.61. The van der Waals surface area contributed by atoms with E-state index in [0.717, 1.165) is 109 Å². The summed E-state index contributed by atoms with van der Waals surface area (Å²) in [4.78, 5) is 38.0. The number of hydrogen-bond acceptors (Lipinski definition) is 6. The smallest absolute Gasteiger partial charge is 0.310 e. The van der Waals surface area contributed by atoms with Crippen molar-refractivity contribution in [3.63, 3.8) is 0 Å². The lowest BCUT2D eigenvalue weighted by Crippen LogP contribution is -2.30. The quantitative estimate of drug-likeness (QED) is 0.0262.